The molecular formula is C27H30N10O. The molecule has 0 aliphatic carbocycles. The smallest absolute Gasteiger partial charge is 0.271 e. The van der Waals surface area contributed by atoms with Crippen LogP contribution in [0.2, 0.25) is 0 Å². The minimum atomic E-state index is -0.268. The van der Waals surface area contributed by atoms with Crippen LogP contribution < -0.4 is 11.1 Å². The Hall–Kier alpha value is -4.51. The van der Waals surface area contributed by atoms with Gasteiger partial charge in [0.2, 0.25) is 0 Å². The molecule has 0 spiro atoms. The normalized spacial score (nSPS) is 14.5. The highest BCUT2D eigenvalue weighted by molar-refractivity contribution is 6.09. The fourth-order valence-corrected chi connectivity index (χ4v) is 4.40. The number of carbonyl (C=O) groups is 1. The van der Waals surface area contributed by atoms with Crippen LogP contribution >= 0.6 is 0 Å². The maximum atomic E-state index is 12.0. The lowest BCUT2D eigenvalue weighted by Gasteiger charge is -2.11. The van der Waals surface area contributed by atoms with Gasteiger partial charge in [0, 0.05) is 61.5 Å². The molecule has 1 aliphatic rings. The van der Waals surface area contributed by atoms with E-state index < -0.39 is 0 Å². The molecule has 0 atom stereocenters. The summed E-state index contributed by atoms with van der Waals surface area (Å²) in [6.45, 7) is 4.04. The summed E-state index contributed by atoms with van der Waals surface area (Å²) >= 11 is 0. The van der Waals surface area contributed by atoms with Crippen LogP contribution in [0.4, 0.5) is 0 Å². The summed E-state index contributed by atoms with van der Waals surface area (Å²) < 4.78 is 1.59. The molecular weight excluding hydrogens is 480 g/mol. The fourth-order valence-electron chi connectivity index (χ4n) is 4.40. The number of nitrogens with two attached hydrogens (primary N) is 1. The van der Waals surface area contributed by atoms with Crippen LogP contribution in [-0.4, -0.2) is 80.0 Å². The van der Waals surface area contributed by atoms with E-state index in [1.54, 1.807) is 42.3 Å². The van der Waals surface area contributed by atoms with Crippen LogP contribution in [0, 0.1) is 0 Å². The molecule has 1 fully saturated rings. The van der Waals surface area contributed by atoms with E-state index in [0.29, 0.717) is 29.4 Å². The zero-order valence-electron chi connectivity index (χ0n) is 21.3. The number of rotatable bonds is 9. The monoisotopic (exact) mass is 510 g/mol. The van der Waals surface area contributed by atoms with Gasteiger partial charge in [0.25, 0.3) is 5.91 Å². The van der Waals surface area contributed by atoms with Crippen molar-refractivity contribution in [2.45, 2.75) is 19.3 Å². The lowest BCUT2D eigenvalue weighted by atomic mass is 10.1. The first kappa shape index (κ1) is 25.2. The number of aliphatic imine (C=N–C) groups is 1. The number of allylic oxidation sites excluding steroid dienone is 1. The standard InChI is InChI=1S/C27H30N10O/c1-29-27(38)23-7-8-24-33-34-25(37(24)35-23)14-19-5-4-6-20(13-19)26-31-17-22(18-32-26)21(15-28)16-30-9-12-36-10-2-3-11-36/h4-8,13,15-18H,2-3,9-12,14,28H2,1H3,(H,29,38). The van der Waals surface area contributed by atoms with Gasteiger partial charge >= 0.3 is 0 Å². The van der Waals surface area contributed by atoms with Crippen molar-refractivity contribution in [1.29, 1.82) is 0 Å². The molecule has 194 valence electrons. The summed E-state index contributed by atoms with van der Waals surface area (Å²) in [5, 5.41) is 15.4. The molecule has 1 amide bonds. The molecule has 0 unspecified atom stereocenters. The minimum absolute atomic E-state index is 0.268. The van der Waals surface area contributed by atoms with Crippen molar-refractivity contribution in [1.82, 2.24) is 40.0 Å². The number of nitrogens with one attached hydrogen (secondary N) is 1. The molecule has 3 N–H and O–H groups in total. The molecule has 38 heavy (non-hydrogen) atoms. The summed E-state index contributed by atoms with van der Waals surface area (Å²) in [5.74, 6) is 0.958. The largest absolute Gasteiger partial charge is 0.404 e. The summed E-state index contributed by atoms with van der Waals surface area (Å²) in [6.07, 6.45) is 9.88. The molecule has 0 radical (unpaired) electrons. The maximum absolute atomic E-state index is 12.0. The van der Waals surface area contributed by atoms with Gasteiger partial charge in [-0.15, -0.1) is 10.2 Å². The Morgan fingerprint density at radius 1 is 1.13 bits per heavy atom. The predicted molar refractivity (Wildman–Crippen MR) is 146 cm³/mol. The van der Waals surface area contributed by atoms with Gasteiger partial charge in [0.15, 0.2) is 17.3 Å². The number of amides is 1. The highest BCUT2D eigenvalue weighted by atomic mass is 16.1. The van der Waals surface area contributed by atoms with Gasteiger partial charge in [0.05, 0.1) is 6.54 Å². The zero-order valence-corrected chi connectivity index (χ0v) is 21.3. The summed E-state index contributed by atoms with van der Waals surface area (Å²) in [7, 11) is 1.57. The molecule has 1 aromatic carbocycles. The van der Waals surface area contributed by atoms with E-state index in [-0.39, 0.29) is 5.91 Å². The Kier molecular flexibility index (Phi) is 7.74. The second-order valence-electron chi connectivity index (χ2n) is 9.06. The fraction of sp³-hybridized carbons (Fsp3) is 0.296. The first-order valence-corrected chi connectivity index (χ1v) is 12.6. The van der Waals surface area contributed by atoms with Gasteiger partial charge in [0.1, 0.15) is 5.69 Å². The molecule has 11 nitrogen and oxygen atoms in total. The van der Waals surface area contributed by atoms with Crippen LogP contribution in [0.3, 0.4) is 0 Å². The van der Waals surface area contributed by atoms with E-state index in [0.717, 1.165) is 48.4 Å². The topological polar surface area (TPSA) is 140 Å². The molecule has 5 rings (SSSR count). The summed E-state index contributed by atoms with van der Waals surface area (Å²) in [4.78, 5) is 28.1. The molecule has 1 aliphatic heterocycles. The number of hydrogen-bond acceptors (Lipinski definition) is 9. The number of carbonyl (C=O) groups excluding carboxylic acids is 1. The number of nitrogens with zero attached hydrogens (tertiary/aromatic N) is 8. The Labute approximate surface area is 220 Å². The first-order valence-electron chi connectivity index (χ1n) is 12.6. The number of fused-ring (bicyclic) bond motifs is 1. The van der Waals surface area contributed by atoms with E-state index in [4.69, 9.17) is 5.73 Å². The number of aromatic nitrogens is 6. The van der Waals surface area contributed by atoms with Crippen molar-refractivity contribution < 1.29 is 4.79 Å². The quantitative estimate of drug-likeness (QED) is 0.326. The van der Waals surface area contributed by atoms with E-state index in [2.05, 4.69) is 40.5 Å². The summed E-state index contributed by atoms with van der Waals surface area (Å²) in [5.41, 5.74) is 10.2. The van der Waals surface area contributed by atoms with E-state index in [1.807, 2.05) is 24.3 Å². The second kappa shape index (κ2) is 11.7. The lowest BCUT2D eigenvalue weighted by Crippen LogP contribution is -2.22. The molecule has 1 saturated heterocycles. The third kappa shape index (κ3) is 5.73. The third-order valence-electron chi connectivity index (χ3n) is 6.47. The van der Waals surface area contributed by atoms with E-state index >= 15 is 0 Å². The lowest BCUT2D eigenvalue weighted by molar-refractivity contribution is 0.0957. The van der Waals surface area contributed by atoms with Crippen molar-refractivity contribution in [3.63, 3.8) is 0 Å². The molecule has 3 aromatic heterocycles. The molecule has 4 aromatic rings. The highest BCUT2D eigenvalue weighted by Crippen LogP contribution is 2.20. The average Bonchev–Trinajstić information content (AvgIpc) is 3.63. The summed E-state index contributed by atoms with van der Waals surface area (Å²) in [6, 6.07) is 11.3. The second-order valence-corrected chi connectivity index (χ2v) is 9.06. The van der Waals surface area contributed by atoms with Crippen LogP contribution in [0.5, 0.6) is 0 Å². The molecule has 4 heterocycles. The van der Waals surface area contributed by atoms with Crippen LogP contribution in [-0.2, 0) is 6.42 Å². The van der Waals surface area contributed by atoms with Gasteiger partial charge in [-0.2, -0.15) is 9.61 Å². The maximum Gasteiger partial charge on any atom is 0.271 e. The molecule has 0 bridgehead atoms. The predicted octanol–water partition coefficient (Wildman–Crippen LogP) is 2.00. The van der Waals surface area contributed by atoms with Gasteiger partial charge in [-0.05, 0) is 49.7 Å². The van der Waals surface area contributed by atoms with Crippen molar-refractivity contribution in [3.8, 4) is 11.4 Å². The number of benzene rings is 1. The zero-order chi connectivity index (χ0) is 26.3. The Morgan fingerprint density at radius 2 is 1.95 bits per heavy atom. The van der Waals surface area contributed by atoms with Crippen LogP contribution in [0.25, 0.3) is 22.6 Å². The first-order chi connectivity index (χ1) is 18.6. The van der Waals surface area contributed by atoms with Gasteiger partial charge in [-0.25, -0.2) is 9.97 Å². The third-order valence-corrected chi connectivity index (χ3v) is 6.47. The Bertz CT molecular complexity index is 1470. The Balaban J connectivity index is 1.28. The number of likely N-dealkylation sites (tertiary alicyclic amines) is 1. The van der Waals surface area contributed by atoms with Crippen molar-refractivity contribution in [2.24, 2.45) is 10.7 Å². The SMILES string of the molecule is CNC(=O)c1ccc2nnc(Cc3cccc(-c4ncc(C(C=NCCN5CCCC5)=CN)cn4)c3)n2n1. The van der Waals surface area contributed by atoms with Crippen molar-refractivity contribution in [2.75, 3.05) is 33.2 Å². The van der Waals surface area contributed by atoms with Crippen molar-refractivity contribution >= 4 is 23.3 Å². The molecule has 11 heteroatoms. The number of hydrogen-bond donors (Lipinski definition) is 2. The Morgan fingerprint density at radius 3 is 2.71 bits per heavy atom. The van der Waals surface area contributed by atoms with Gasteiger partial charge in [-0.3, -0.25) is 9.79 Å². The van der Waals surface area contributed by atoms with Crippen molar-refractivity contribution in [3.05, 3.63) is 77.6 Å². The van der Waals surface area contributed by atoms with Crippen LogP contribution in [0.15, 0.2) is 60.0 Å². The average molecular weight is 511 g/mol. The highest BCUT2D eigenvalue weighted by Gasteiger charge is 2.13. The minimum Gasteiger partial charge on any atom is -0.404 e. The molecule has 0 saturated carbocycles. The van der Waals surface area contributed by atoms with Gasteiger partial charge in [-0.1, -0.05) is 18.2 Å². The van der Waals surface area contributed by atoms with Gasteiger partial charge < -0.3 is 16.0 Å². The van der Waals surface area contributed by atoms with E-state index in [1.165, 1.54) is 19.0 Å². The van der Waals surface area contributed by atoms with Crippen LogP contribution in [0.1, 0.15) is 40.3 Å². The van der Waals surface area contributed by atoms with E-state index in [9.17, 15) is 4.79 Å².